The average molecular weight is 338 g/mol. The maximum absolute atomic E-state index is 12.3. The minimum atomic E-state index is -0.294. The number of oxime groups is 1. The van der Waals surface area contributed by atoms with E-state index in [1.54, 1.807) is 13.3 Å². The highest BCUT2D eigenvalue weighted by Crippen LogP contribution is 2.18. The van der Waals surface area contributed by atoms with Crippen LogP contribution in [-0.4, -0.2) is 27.7 Å². The molecule has 0 aliphatic rings. The number of methoxy groups -OCH3 is 1. The van der Waals surface area contributed by atoms with Gasteiger partial charge in [-0.3, -0.25) is 0 Å². The van der Waals surface area contributed by atoms with Crippen molar-refractivity contribution < 1.29 is 9.57 Å². The smallest absolute Gasteiger partial charge is 0.353 e. The van der Waals surface area contributed by atoms with E-state index in [1.807, 2.05) is 54.6 Å². The van der Waals surface area contributed by atoms with Crippen LogP contribution in [-0.2, 0) is 18.5 Å². The Bertz CT molecular complexity index is 929. The molecule has 1 aromatic heterocycles. The largest absolute Gasteiger partial charge is 0.467 e. The number of rotatable bonds is 6. The lowest BCUT2D eigenvalue weighted by Crippen LogP contribution is -2.22. The number of hydrogen-bond donors (Lipinski definition) is 0. The van der Waals surface area contributed by atoms with E-state index in [1.165, 1.54) is 16.4 Å². The summed E-state index contributed by atoms with van der Waals surface area (Å²) in [7, 11) is 3.05. The van der Waals surface area contributed by atoms with Gasteiger partial charge in [0.1, 0.15) is 6.61 Å². The first-order valence-electron chi connectivity index (χ1n) is 7.69. The van der Waals surface area contributed by atoms with Gasteiger partial charge in [-0.15, -0.1) is 5.10 Å². The van der Waals surface area contributed by atoms with Gasteiger partial charge in [0, 0.05) is 12.6 Å². The van der Waals surface area contributed by atoms with Crippen LogP contribution in [0, 0.1) is 0 Å². The van der Waals surface area contributed by atoms with Gasteiger partial charge in [-0.05, 0) is 11.6 Å². The fourth-order valence-corrected chi connectivity index (χ4v) is 2.38. The number of nitrogens with zero attached hydrogens (tertiary/aromatic N) is 4. The van der Waals surface area contributed by atoms with Crippen LogP contribution in [0.4, 0.5) is 0 Å². The third-order valence-electron chi connectivity index (χ3n) is 3.61. The molecule has 0 aliphatic heterocycles. The molecular weight excluding hydrogens is 320 g/mol. The number of aryl methyl sites for hydroxylation is 1. The van der Waals surface area contributed by atoms with Crippen LogP contribution < -0.4 is 10.4 Å². The molecule has 0 spiro atoms. The fraction of sp³-hybridized carbons (Fsp3) is 0.167. The number of para-hydroxylation sites is 1. The molecule has 0 amide bonds. The van der Waals surface area contributed by atoms with E-state index in [-0.39, 0.29) is 18.3 Å². The normalized spacial score (nSPS) is 11.0. The van der Waals surface area contributed by atoms with Crippen LogP contribution in [0.2, 0.25) is 0 Å². The van der Waals surface area contributed by atoms with E-state index >= 15 is 0 Å². The zero-order valence-corrected chi connectivity index (χ0v) is 14.0. The Labute approximate surface area is 144 Å². The van der Waals surface area contributed by atoms with E-state index in [4.69, 9.17) is 9.57 Å². The lowest BCUT2D eigenvalue weighted by Gasteiger charge is -2.09. The zero-order valence-electron chi connectivity index (χ0n) is 14.0. The number of benzene rings is 2. The van der Waals surface area contributed by atoms with Crippen LogP contribution >= 0.6 is 0 Å². The molecule has 0 fully saturated rings. The van der Waals surface area contributed by atoms with Gasteiger partial charge in [-0.2, -0.15) is 0 Å². The molecule has 0 bridgehead atoms. The van der Waals surface area contributed by atoms with Crippen molar-refractivity contribution in [2.24, 2.45) is 12.2 Å². The third kappa shape index (κ3) is 3.60. The SMILES string of the molecule is COc1nn(C)c(=O)n1-c1ccccc1CON=Cc1ccccc1. The van der Waals surface area contributed by atoms with Crippen LogP contribution in [0.1, 0.15) is 11.1 Å². The highest BCUT2D eigenvalue weighted by atomic mass is 16.6. The Morgan fingerprint density at radius 2 is 1.84 bits per heavy atom. The summed E-state index contributed by atoms with van der Waals surface area (Å²) in [6, 6.07) is 17.3. The topological polar surface area (TPSA) is 70.6 Å². The van der Waals surface area contributed by atoms with Gasteiger partial charge in [0.25, 0.3) is 0 Å². The van der Waals surface area contributed by atoms with E-state index in [2.05, 4.69) is 10.3 Å². The van der Waals surface area contributed by atoms with Crippen molar-refractivity contribution in [2.45, 2.75) is 6.61 Å². The van der Waals surface area contributed by atoms with Crippen molar-refractivity contribution in [3.8, 4) is 11.7 Å². The first kappa shape index (κ1) is 16.5. The lowest BCUT2D eigenvalue weighted by atomic mass is 10.2. The van der Waals surface area contributed by atoms with Crippen molar-refractivity contribution in [2.75, 3.05) is 7.11 Å². The minimum absolute atomic E-state index is 0.212. The number of ether oxygens (including phenoxy) is 1. The first-order chi connectivity index (χ1) is 12.2. The molecule has 0 atom stereocenters. The van der Waals surface area contributed by atoms with Crippen molar-refractivity contribution in [3.63, 3.8) is 0 Å². The Hall–Kier alpha value is -3.35. The average Bonchev–Trinajstić information content (AvgIpc) is 2.94. The molecule has 128 valence electrons. The highest BCUT2D eigenvalue weighted by Gasteiger charge is 2.16. The molecule has 0 saturated heterocycles. The molecule has 7 heteroatoms. The van der Waals surface area contributed by atoms with Gasteiger partial charge in [-0.1, -0.05) is 53.7 Å². The van der Waals surface area contributed by atoms with Crippen LogP contribution in [0.25, 0.3) is 5.69 Å². The predicted molar refractivity (Wildman–Crippen MR) is 94.2 cm³/mol. The second kappa shape index (κ2) is 7.48. The standard InChI is InChI=1S/C18H18N4O3/c1-21-18(23)22(17(20-21)24-2)16-11-7-6-10-15(16)13-25-19-12-14-8-4-3-5-9-14/h3-12H,13H2,1-2H3. The van der Waals surface area contributed by atoms with Gasteiger partial charge in [0.2, 0.25) is 0 Å². The van der Waals surface area contributed by atoms with Gasteiger partial charge < -0.3 is 9.57 Å². The molecule has 1 heterocycles. The van der Waals surface area contributed by atoms with Crippen molar-refractivity contribution in [1.29, 1.82) is 0 Å². The molecule has 25 heavy (non-hydrogen) atoms. The van der Waals surface area contributed by atoms with E-state index in [0.29, 0.717) is 5.69 Å². The molecule has 2 aromatic carbocycles. The van der Waals surface area contributed by atoms with Gasteiger partial charge in [0.15, 0.2) is 0 Å². The van der Waals surface area contributed by atoms with Gasteiger partial charge in [-0.25, -0.2) is 14.0 Å². The van der Waals surface area contributed by atoms with Crippen molar-refractivity contribution >= 4 is 6.21 Å². The molecule has 3 rings (SSSR count). The molecular formula is C18H18N4O3. The molecule has 0 radical (unpaired) electrons. The van der Waals surface area contributed by atoms with E-state index in [9.17, 15) is 4.79 Å². The zero-order chi connectivity index (χ0) is 17.6. The van der Waals surface area contributed by atoms with Crippen molar-refractivity contribution in [1.82, 2.24) is 14.3 Å². The molecule has 3 aromatic rings. The fourth-order valence-electron chi connectivity index (χ4n) is 2.38. The molecule has 0 unspecified atom stereocenters. The maximum Gasteiger partial charge on any atom is 0.353 e. The van der Waals surface area contributed by atoms with Gasteiger partial charge in [0.05, 0.1) is 19.0 Å². The summed E-state index contributed by atoms with van der Waals surface area (Å²) < 4.78 is 7.83. The monoisotopic (exact) mass is 338 g/mol. The van der Waals surface area contributed by atoms with E-state index < -0.39 is 0 Å². The molecule has 7 nitrogen and oxygen atoms in total. The summed E-state index contributed by atoms with van der Waals surface area (Å²) in [5.41, 5.74) is 2.09. The van der Waals surface area contributed by atoms with Crippen LogP contribution in [0.5, 0.6) is 6.01 Å². The Balaban J connectivity index is 1.83. The summed E-state index contributed by atoms with van der Waals surface area (Å²) >= 11 is 0. The van der Waals surface area contributed by atoms with Crippen LogP contribution in [0.15, 0.2) is 64.5 Å². The minimum Gasteiger partial charge on any atom is -0.467 e. The molecule has 0 saturated carbocycles. The highest BCUT2D eigenvalue weighted by molar-refractivity contribution is 5.78. The second-order valence-corrected chi connectivity index (χ2v) is 5.28. The number of aromatic nitrogens is 3. The quantitative estimate of drug-likeness (QED) is 0.510. The third-order valence-corrected chi connectivity index (χ3v) is 3.61. The summed E-state index contributed by atoms with van der Waals surface area (Å²) in [5.74, 6) is 0. The lowest BCUT2D eigenvalue weighted by molar-refractivity contribution is 0.132. The summed E-state index contributed by atoms with van der Waals surface area (Å²) in [5, 5.41) is 8.03. The predicted octanol–water partition coefficient (Wildman–Crippen LogP) is 2.13. The summed E-state index contributed by atoms with van der Waals surface area (Å²) in [6.45, 7) is 0.212. The maximum atomic E-state index is 12.3. The summed E-state index contributed by atoms with van der Waals surface area (Å²) in [6.07, 6.45) is 1.64. The first-order valence-corrected chi connectivity index (χ1v) is 7.69. The van der Waals surface area contributed by atoms with Crippen LogP contribution in [0.3, 0.4) is 0 Å². The number of hydrogen-bond acceptors (Lipinski definition) is 5. The Morgan fingerprint density at radius 1 is 1.12 bits per heavy atom. The van der Waals surface area contributed by atoms with E-state index in [0.717, 1.165) is 11.1 Å². The second-order valence-electron chi connectivity index (χ2n) is 5.28. The Kier molecular flexibility index (Phi) is 4.94. The molecule has 0 aliphatic carbocycles. The molecule has 0 N–H and O–H groups in total. The Morgan fingerprint density at radius 3 is 2.60 bits per heavy atom. The van der Waals surface area contributed by atoms with Crippen molar-refractivity contribution in [3.05, 3.63) is 76.2 Å². The van der Waals surface area contributed by atoms with Gasteiger partial charge >= 0.3 is 11.7 Å². The summed E-state index contributed by atoms with van der Waals surface area (Å²) in [4.78, 5) is 17.7.